The van der Waals surface area contributed by atoms with E-state index in [2.05, 4.69) is 21.4 Å². The number of carbonyl (C=O) groups excluding carboxylic acids is 2. The fraction of sp³-hybridized carbons (Fsp3) is 0.300. The van der Waals surface area contributed by atoms with Crippen LogP contribution in [0, 0.1) is 5.92 Å². The first kappa shape index (κ1) is 18.5. The van der Waals surface area contributed by atoms with Gasteiger partial charge in [0, 0.05) is 31.4 Å². The van der Waals surface area contributed by atoms with E-state index in [1.54, 1.807) is 17.3 Å². The maximum atomic E-state index is 12.6. The summed E-state index contributed by atoms with van der Waals surface area (Å²) in [7, 11) is 0. The largest absolute Gasteiger partial charge is 0.342 e. The zero-order valence-corrected chi connectivity index (χ0v) is 16.1. The van der Waals surface area contributed by atoms with Crippen molar-refractivity contribution in [1.82, 2.24) is 14.9 Å². The van der Waals surface area contributed by atoms with Crippen molar-refractivity contribution in [1.29, 1.82) is 0 Å². The van der Waals surface area contributed by atoms with Crippen molar-refractivity contribution in [2.45, 2.75) is 12.8 Å². The van der Waals surface area contributed by atoms with E-state index in [9.17, 15) is 9.59 Å². The number of rotatable bonds is 4. The van der Waals surface area contributed by atoms with Crippen LogP contribution < -0.4 is 11.1 Å². The number of benzene rings is 1. The number of nitrogens with one attached hydrogen (secondary N) is 1. The molecule has 0 aliphatic carbocycles. The molecule has 7 nitrogen and oxygen atoms in total. The molecule has 0 unspecified atom stereocenters. The molecule has 0 bridgehead atoms. The maximum absolute atomic E-state index is 12.6. The molecule has 28 heavy (non-hydrogen) atoms. The molecular weight excluding hydrogens is 374 g/mol. The van der Waals surface area contributed by atoms with Crippen molar-refractivity contribution < 1.29 is 9.59 Å². The van der Waals surface area contributed by atoms with Gasteiger partial charge in [-0.05, 0) is 48.2 Å². The van der Waals surface area contributed by atoms with Gasteiger partial charge >= 0.3 is 0 Å². The van der Waals surface area contributed by atoms with Crippen molar-refractivity contribution in [2.24, 2.45) is 11.7 Å². The van der Waals surface area contributed by atoms with Gasteiger partial charge in [-0.3, -0.25) is 14.6 Å². The highest BCUT2D eigenvalue weighted by molar-refractivity contribution is 7.22. The van der Waals surface area contributed by atoms with Crippen LogP contribution in [-0.2, 0) is 9.59 Å². The molecule has 1 saturated heterocycles. The third-order valence-corrected chi connectivity index (χ3v) is 5.96. The number of hydrogen-bond donors (Lipinski definition) is 2. The van der Waals surface area contributed by atoms with Crippen LogP contribution in [-0.4, -0.2) is 46.3 Å². The smallest absolute Gasteiger partial charge is 0.236 e. The summed E-state index contributed by atoms with van der Waals surface area (Å²) in [5.41, 5.74) is 8.45. The molecule has 1 aliphatic heterocycles. The van der Waals surface area contributed by atoms with Crippen molar-refractivity contribution in [3.8, 4) is 11.1 Å². The van der Waals surface area contributed by atoms with Gasteiger partial charge in [0.15, 0.2) is 5.13 Å². The Morgan fingerprint density at radius 3 is 2.61 bits per heavy atom. The van der Waals surface area contributed by atoms with Gasteiger partial charge in [-0.2, -0.15) is 0 Å². The van der Waals surface area contributed by atoms with Gasteiger partial charge < -0.3 is 16.0 Å². The SMILES string of the molecule is NCC(=O)N1CCC(C(=O)Nc2nc3ccc(-c4ccncc4)cc3s2)CC1. The number of piperidine rings is 1. The Balaban J connectivity index is 1.44. The van der Waals surface area contributed by atoms with E-state index in [4.69, 9.17) is 5.73 Å². The third kappa shape index (κ3) is 3.88. The fourth-order valence-electron chi connectivity index (χ4n) is 3.43. The highest BCUT2D eigenvalue weighted by Gasteiger charge is 2.27. The first-order chi connectivity index (χ1) is 13.6. The van der Waals surface area contributed by atoms with E-state index in [0.717, 1.165) is 21.3 Å². The average Bonchev–Trinajstić information content (AvgIpc) is 3.15. The second kappa shape index (κ2) is 8.04. The Hall–Kier alpha value is -2.84. The fourth-order valence-corrected chi connectivity index (χ4v) is 4.34. The number of aromatic nitrogens is 2. The van der Waals surface area contributed by atoms with E-state index in [0.29, 0.717) is 31.1 Å². The molecule has 8 heteroatoms. The molecule has 0 radical (unpaired) electrons. The van der Waals surface area contributed by atoms with Crippen LogP contribution in [0.4, 0.5) is 5.13 Å². The first-order valence-electron chi connectivity index (χ1n) is 9.24. The lowest BCUT2D eigenvalue weighted by Crippen LogP contribution is -2.43. The molecule has 0 spiro atoms. The van der Waals surface area contributed by atoms with Gasteiger partial charge in [0.2, 0.25) is 11.8 Å². The van der Waals surface area contributed by atoms with Gasteiger partial charge in [0.25, 0.3) is 0 Å². The normalized spacial score (nSPS) is 15.0. The van der Waals surface area contributed by atoms with Crippen LogP contribution in [0.1, 0.15) is 12.8 Å². The highest BCUT2D eigenvalue weighted by Crippen LogP contribution is 2.31. The second-order valence-electron chi connectivity index (χ2n) is 6.79. The lowest BCUT2D eigenvalue weighted by Gasteiger charge is -2.30. The number of anilines is 1. The van der Waals surface area contributed by atoms with Crippen LogP contribution >= 0.6 is 11.3 Å². The van der Waals surface area contributed by atoms with Crippen molar-refractivity contribution in [3.63, 3.8) is 0 Å². The molecule has 0 saturated carbocycles. The Bertz CT molecular complexity index is 996. The summed E-state index contributed by atoms with van der Waals surface area (Å²) in [4.78, 5) is 34.6. The third-order valence-electron chi connectivity index (χ3n) is 5.03. The molecule has 1 aromatic carbocycles. The summed E-state index contributed by atoms with van der Waals surface area (Å²) in [5, 5.41) is 3.55. The number of nitrogens with two attached hydrogens (primary N) is 1. The number of hydrogen-bond acceptors (Lipinski definition) is 6. The number of fused-ring (bicyclic) bond motifs is 1. The van der Waals surface area contributed by atoms with Gasteiger partial charge in [0.1, 0.15) is 0 Å². The Morgan fingerprint density at radius 2 is 1.89 bits per heavy atom. The molecular formula is C20H21N5O2S. The minimum absolute atomic E-state index is 0.0179. The van der Waals surface area contributed by atoms with E-state index in [1.165, 1.54) is 11.3 Å². The predicted molar refractivity (Wildman–Crippen MR) is 110 cm³/mol. The Kier molecular flexibility index (Phi) is 5.31. The van der Waals surface area contributed by atoms with Gasteiger partial charge in [0.05, 0.1) is 16.8 Å². The first-order valence-corrected chi connectivity index (χ1v) is 10.1. The summed E-state index contributed by atoms with van der Waals surface area (Å²) in [6.45, 7) is 1.16. The summed E-state index contributed by atoms with van der Waals surface area (Å²) >= 11 is 1.47. The number of pyridine rings is 1. The molecule has 144 valence electrons. The van der Waals surface area contributed by atoms with E-state index < -0.39 is 0 Å². The van der Waals surface area contributed by atoms with E-state index in [-0.39, 0.29) is 24.3 Å². The van der Waals surface area contributed by atoms with Crippen LogP contribution in [0.25, 0.3) is 21.3 Å². The van der Waals surface area contributed by atoms with Gasteiger partial charge in [-0.15, -0.1) is 0 Å². The van der Waals surface area contributed by atoms with E-state index in [1.807, 2.05) is 24.3 Å². The average molecular weight is 395 g/mol. The van der Waals surface area contributed by atoms with Crippen LogP contribution in [0.15, 0.2) is 42.7 Å². The van der Waals surface area contributed by atoms with Crippen molar-refractivity contribution >= 4 is 38.5 Å². The predicted octanol–water partition coefficient (Wildman–Crippen LogP) is 2.49. The molecule has 2 amide bonds. The second-order valence-corrected chi connectivity index (χ2v) is 7.82. The number of likely N-dealkylation sites (tertiary alicyclic amines) is 1. The lowest BCUT2D eigenvalue weighted by molar-refractivity contribution is -0.133. The molecule has 0 atom stereocenters. The molecule has 3 N–H and O–H groups in total. The number of nitrogens with zero attached hydrogens (tertiary/aromatic N) is 3. The van der Waals surface area contributed by atoms with Crippen molar-refractivity contribution in [3.05, 3.63) is 42.7 Å². The molecule has 1 aliphatic rings. The molecule has 2 aromatic heterocycles. The van der Waals surface area contributed by atoms with Crippen LogP contribution in [0.2, 0.25) is 0 Å². The van der Waals surface area contributed by atoms with E-state index >= 15 is 0 Å². The molecule has 4 rings (SSSR count). The number of carbonyl (C=O) groups is 2. The lowest BCUT2D eigenvalue weighted by atomic mass is 9.96. The molecule has 1 fully saturated rings. The van der Waals surface area contributed by atoms with Gasteiger partial charge in [-0.25, -0.2) is 4.98 Å². The van der Waals surface area contributed by atoms with Gasteiger partial charge in [-0.1, -0.05) is 17.4 Å². The van der Waals surface area contributed by atoms with Crippen LogP contribution in [0.3, 0.4) is 0 Å². The Labute approximate surface area is 166 Å². The maximum Gasteiger partial charge on any atom is 0.236 e. The number of amides is 2. The summed E-state index contributed by atoms with van der Waals surface area (Å²) in [6, 6.07) is 10.00. The topological polar surface area (TPSA) is 101 Å². The van der Waals surface area contributed by atoms with Crippen LogP contribution in [0.5, 0.6) is 0 Å². The number of thiazole rings is 1. The Morgan fingerprint density at radius 1 is 1.14 bits per heavy atom. The zero-order valence-electron chi connectivity index (χ0n) is 15.3. The summed E-state index contributed by atoms with van der Waals surface area (Å²) < 4.78 is 1.02. The summed E-state index contributed by atoms with van der Waals surface area (Å²) in [5.74, 6) is -0.204. The highest BCUT2D eigenvalue weighted by atomic mass is 32.1. The molecule has 3 aromatic rings. The minimum atomic E-state index is -0.110. The van der Waals surface area contributed by atoms with Crippen molar-refractivity contribution in [2.75, 3.05) is 25.0 Å². The molecule has 3 heterocycles. The zero-order chi connectivity index (χ0) is 19.5. The summed E-state index contributed by atoms with van der Waals surface area (Å²) in [6.07, 6.45) is 4.83. The standard InChI is InChI=1S/C20H21N5O2S/c21-12-18(26)25-9-5-14(6-10-25)19(27)24-20-23-16-2-1-15(11-17(16)28-20)13-3-7-22-8-4-13/h1-4,7-8,11,14H,5-6,9-10,12,21H2,(H,23,24,27). The minimum Gasteiger partial charge on any atom is -0.342 e. The monoisotopic (exact) mass is 395 g/mol. The quantitative estimate of drug-likeness (QED) is 0.707.